The van der Waals surface area contributed by atoms with Gasteiger partial charge in [-0.3, -0.25) is 4.79 Å². The van der Waals surface area contributed by atoms with Crippen molar-refractivity contribution in [3.63, 3.8) is 0 Å². The number of carbonyl (C=O) groups is 2. The van der Waals surface area contributed by atoms with E-state index in [9.17, 15) is 9.59 Å². The summed E-state index contributed by atoms with van der Waals surface area (Å²) < 4.78 is 12.2. The van der Waals surface area contributed by atoms with E-state index in [1.807, 2.05) is 18.2 Å². The third-order valence-electron chi connectivity index (χ3n) is 7.68. The van der Waals surface area contributed by atoms with Crippen molar-refractivity contribution in [1.82, 2.24) is 0 Å². The Labute approximate surface area is 226 Å². The lowest BCUT2D eigenvalue weighted by Crippen LogP contribution is -2.34. The zero-order valence-corrected chi connectivity index (χ0v) is 23.4. The van der Waals surface area contributed by atoms with Crippen LogP contribution in [0.25, 0.3) is 17.2 Å². The highest BCUT2D eigenvalue weighted by atomic mass is 16.5. The maximum Gasteiger partial charge on any atom is 0.328 e. The molecule has 0 amide bonds. The molecule has 0 unspecified atom stereocenters. The molecule has 1 aliphatic carbocycles. The lowest BCUT2D eigenvalue weighted by Gasteiger charge is -2.42. The Hall–Kier alpha value is -3.28. The first-order valence-electron chi connectivity index (χ1n) is 13.6. The van der Waals surface area contributed by atoms with E-state index in [-0.39, 0.29) is 17.3 Å². The number of hydrogen-bond donors (Lipinski definition) is 2. The Morgan fingerprint density at radius 2 is 1.45 bits per heavy atom. The average molecular weight is 523 g/mol. The fourth-order valence-electron chi connectivity index (χ4n) is 5.22. The molecule has 0 saturated carbocycles. The summed E-state index contributed by atoms with van der Waals surface area (Å²) in [6.07, 6.45) is 9.61. The van der Waals surface area contributed by atoms with Crippen molar-refractivity contribution in [3.05, 3.63) is 53.1 Å². The Bertz CT molecular complexity index is 1170. The van der Waals surface area contributed by atoms with Crippen LogP contribution in [0.1, 0.15) is 95.8 Å². The minimum absolute atomic E-state index is 0.0160. The quantitative estimate of drug-likeness (QED) is 0.208. The topological polar surface area (TPSA) is 93.1 Å². The fourth-order valence-corrected chi connectivity index (χ4v) is 5.22. The molecule has 0 radical (unpaired) electrons. The molecule has 6 nitrogen and oxygen atoms in total. The van der Waals surface area contributed by atoms with Crippen LogP contribution in [0, 0.1) is 0 Å². The zero-order valence-electron chi connectivity index (χ0n) is 23.4. The first-order chi connectivity index (χ1) is 17.9. The van der Waals surface area contributed by atoms with E-state index in [1.165, 1.54) is 11.1 Å². The number of carboxylic acid groups (broad SMARTS) is 2. The van der Waals surface area contributed by atoms with Gasteiger partial charge in [0.25, 0.3) is 0 Å². The molecule has 206 valence electrons. The van der Waals surface area contributed by atoms with Gasteiger partial charge in [0.2, 0.25) is 0 Å². The van der Waals surface area contributed by atoms with Gasteiger partial charge in [-0.2, -0.15) is 0 Å². The summed E-state index contributed by atoms with van der Waals surface area (Å²) in [5, 5.41) is 17.9. The summed E-state index contributed by atoms with van der Waals surface area (Å²) >= 11 is 0. The number of hydrogen-bond acceptors (Lipinski definition) is 4. The van der Waals surface area contributed by atoms with Crippen molar-refractivity contribution >= 4 is 18.0 Å². The van der Waals surface area contributed by atoms with E-state index in [0.29, 0.717) is 18.8 Å². The third-order valence-corrected chi connectivity index (χ3v) is 7.68. The zero-order chi connectivity index (χ0) is 27.9. The van der Waals surface area contributed by atoms with E-state index in [0.717, 1.165) is 67.0 Å². The smallest absolute Gasteiger partial charge is 0.328 e. The van der Waals surface area contributed by atoms with Crippen LogP contribution < -0.4 is 9.47 Å². The number of aliphatic carboxylic acids is 2. The monoisotopic (exact) mass is 522 g/mol. The SMILES string of the molecule is COc1ccc(C=CC(=O)O)cc1-c1cc2c(cc1OCCCCCCCC(=O)O)C(C)(C)CCC2(C)C. The van der Waals surface area contributed by atoms with Crippen LogP contribution in [0.4, 0.5) is 0 Å². The molecule has 0 heterocycles. The first-order valence-corrected chi connectivity index (χ1v) is 13.6. The molecule has 2 N–H and O–H groups in total. The molecular weight excluding hydrogens is 480 g/mol. The molecule has 0 bridgehead atoms. The average Bonchev–Trinajstić information content (AvgIpc) is 2.86. The van der Waals surface area contributed by atoms with E-state index in [2.05, 4.69) is 39.8 Å². The maximum atomic E-state index is 11.1. The van der Waals surface area contributed by atoms with Crippen molar-refractivity contribution in [2.24, 2.45) is 0 Å². The predicted molar refractivity (Wildman–Crippen MR) is 151 cm³/mol. The van der Waals surface area contributed by atoms with Gasteiger partial charge < -0.3 is 19.7 Å². The highest BCUT2D eigenvalue weighted by Gasteiger charge is 2.38. The summed E-state index contributed by atoms with van der Waals surface area (Å²) in [6.45, 7) is 9.73. The van der Waals surface area contributed by atoms with Crippen LogP contribution >= 0.6 is 0 Å². The normalized spacial score (nSPS) is 15.7. The largest absolute Gasteiger partial charge is 0.496 e. The van der Waals surface area contributed by atoms with Crippen LogP contribution in [0.3, 0.4) is 0 Å². The Balaban J connectivity index is 1.97. The summed E-state index contributed by atoms with van der Waals surface area (Å²) in [4.78, 5) is 21.8. The van der Waals surface area contributed by atoms with E-state index in [4.69, 9.17) is 19.7 Å². The van der Waals surface area contributed by atoms with Gasteiger partial charge in [0.05, 0.1) is 13.7 Å². The molecule has 3 rings (SSSR count). The second-order valence-corrected chi connectivity index (χ2v) is 11.6. The maximum absolute atomic E-state index is 11.1. The van der Waals surface area contributed by atoms with Crippen LogP contribution in [0.5, 0.6) is 11.5 Å². The van der Waals surface area contributed by atoms with Crippen LogP contribution in [0.15, 0.2) is 36.4 Å². The van der Waals surface area contributed by atoms with Gasteiger partial charge in [-0.25, -0.2) is 4.79 Å². The van der Waals surface area contributed by atoms with E-state index >= 15 is 0 Å². The molecule has 38 heavy (non-hydrogen) atoms. The summed E-state index contributed by atoms with van der Waals surface area (Å²) in [5.74, 6) is -0.226. The minimum Gasteiger partial charge on any atom is -0.496 e. The van der Waals surface area contributed by atoms with Crippen LogP contribution in [-0.2, 0) is 20.4 Å². The Morgan fingerprint density at radius 1 is 0.842 bits per heavy atom. The summed E-state index contributed by atoms with van der Waals surface area (Å²) in [7, 11) is 1.64. The molecule has 0 fully saturated rings. The first kappa shape index (κ1) is 29.3. The van der Waals surface area contributed by atoms with Gasteiger partial charge in [0.15, 0.2) is 0 Å². The van der Waals surface area contributed by atoms with Crippen molar-refractivity contribution in [3.8, 4) is 22.6 Å². The molecule has 0 aliphatic heterocycles. The molecule has 2 aromatic carbocycles. The molecule has 2 aromatic rings. The van der Waals surface area contributed by atoms with Crippen LogP contribution in [0.2, 0.25) is 0 Å². The second-order valence-electron chi connectivity index (χ2n) is 11.6. The Kier molecular flexibility index (Phi) is 9.64. The summed E-state index contributed by atoms with van der Waals surface area (Å²) in [6, 6.07) is 10.1. The third kappa shape index (κ3) is 7.40. The highest BCUT2D eigenvalue weighted by molar-refractivity contribution is 5.86. The highest BCUT2D eigenvalue weighted by Crippen LogP contribution is 2.50. The van der Waals surface area contributed by atoms with Crippen molar-refractivity contribution in [2.75, 3.05) is 13.7 Å². The molecule has 0 spiro atoms. The Morgan fingerprint density at radius 3 is 2.08 bits per heavy atom. The number of unbranched alkanes of at least 4 members (excludes halogenated alkanes) is 4. The number of rotatable bonds is 13. The molecule has 0 aromatic heterocycles. The molecule has 1 aliphatic rings. The van der Waals surface area contributed by atoms with Gasteiger partial charge in [-0.1, -0.05) is 53.0 Å². The molecule has 0 saturated heterocycles. The van der Waals surface area contributed by atoms with Crippen molar-refractivity contribution in [1.29, 1.82) is 0 Å². The van der Waals surface area contributed by atoms with Crippen molar-refractivity contribution < 1.29 is 29.3 Å². The number of fused-ring (bicyclic) bond motifs is 1. The van der Waals surface area contributed by atoms with E-state index < -0.39 is 11.9 Å². The lowest BCUT2D eigenvalue weighted by atomic mass is 9.62. The molecule has 6 heteroatoms. The summed E-state index contributed by atoms with van der Waals surface area (Å²) in [5.41, 5.74) is 5.24. The number of benzene rings is 2. The van der Waals surface area contributed by atoms with Gasteiger partial charge in [-0.15, -0.1) is 0 Å². The molecule has 0 atom stereocenters. The van der Waals surface area contributed by atoms with Gasteiger partial charge >= 0.3 is 11.9 Å². The second kappa shape index (κ2) is 12.5. The number of carboxylic acids is 2. The predicted octanol–water partition coefficient (Wildman–Crippen LogP) is 7.61. The van der Waals surface area contributed by atoms with Crippen molar-refractivity contribution in [2.45, 2.75) is 89.9 Å². The van der Waals surface area contributed by atoms with Gasteiger partial charge in [-0.05, 0) is 83.5 Å². The minimum atomic E-state index is -0.993. The number of methoxy groups -OCH3 is 1. The van der Waals surface area contributed by atoms with Crippen LogP contribution in [-0.4, -0.2) is 35.9 Å². The fraction of sp³-hybridized carbons (Fsp3) is 0.500. The van der Waals surface area contributed by atoms with E-state index in [1.54, 1.807) is 13.2 Å². The lowest BCUT2D eigenvalue weighted by molar-refractivity contribution is -0.137. The van der Waals surface area contributed by atoms with Gasteiger partial charge in [0.1, 0.15) is 11.5 Å². The standard InChI is InChI=1S/C32H42O6/c1-31(2)16-17-32(3,4)26-21-28(38-18-10-8-6-7-9-11-29(33)34)24(20-25(26)31)23-19-22(13-15-30(35)36)12-14-27(23)37-5/h12-15,19-21H,6-11,16-18H2,1-5H3,(H,33,34)(H,35,36). The number of ether oxygens (including phenoxy) is 2. The molecular formula is C32H42O6. The van der Waals surface area contributed by atoms with Gasteiger partial charge in [0, 0.05) is 23.6 Å².